The van der Waals surface area contributed by atoms with Crippen molar-refractivity contribution in [2.45, 2.75) is 50.8 Å². The van der Waals surface area contributed by atoms with Gasteiger partial charge in [-0.1, -0.05) is 6.07 Å². The zero-order chi connectivity index (χ0) is 17.8. The minimum Gasteiger partial charge on any atom is -0.467 e. The Labute approximate surface area is 146 Å². The third-order valence-corrected chi connectivity index (χ3v) is 4.55. The van der Waals surface area contributed by atoms with Crippen LogP contribution in [0.5, 0.6) is 0 Å². The fraction of sp³-hybridized carbons (Fsp3) is 0.421. The molecule has 0 fully saturated rings. The Kier molecular flexibility index (Phi) is 5.38. The molecule has 3 atom stereocenters. The summed E-state index contributed by atoms with van der Waals surface area (Å²) in [5, 5.41) is 15.8. The van der Waals surface area contributed by atoms with E-state index >= 15 is 0 Å². The van der Waals surface area contributed by atoms with Crippen LogP contribution < -0.4 is 10.6 Å². The van der Waals surface area contributed by atoms with E-state index in [-0.39, 0.29) is 23.9 Å². The molecule has 0 aliphatic heterocycles. The second-order valence-corrected chi connectivity index (χ2v) is 6.57. The van der Waals surface area contributed by atoms with Crippen LogP contribution in [-0.4, -0.2) is 17.2 Å². The molecule has 0 spiro atoms. The second-order valence-electron chi connectivity index (χ2n) is 6.57. The number of nitrogens with one attached hydrogen (secondary N) is 2. The number of hydrogen-bond donors (Lipinski definition) is 3. The number of aliphatic hydroxyl groups is 1. The van der Waals surface area contributed by atoms with Gasteiger partial charge in [-0.15, -0.1) is 0 Å². The van der Waals surface area contributed by atoms with Crippen LogP contribution in [0.15, 0.2) is 41.0 Å². The molecule has 1 aliphatic carbocycles. The highest BCUT2D eigenvalue weighted by Crippen LogP contribution is 2.30. The summed E-state index contributed by atoms with van der Waals surface area (Å²) in [6, 6.07) is 7.41. The van der Waals surface area contributed by atoms with Crippen molar-refractivity contribution in [1.29, 1.82) is 0 Å². The number of aliphatic hydroxyl groups excluding tert-OH is 1. The van der Waals surface area contributed by atoms with E-state index in [1.807, 2.05) is 6.92 Å². The molecule has 1 aromatic heterocycles. The van der Waals surface area contributed by atoms with E-state index in [1.165, 1.54) is 18.4 Å². The minimum absolute atomic E-state index is 0.193. The van der Waals surface area contributed by atoms with Crippen LogP contribution in [0.2, 0.25) is 0 Å². The van der Waals surface area contributed by atoms with E-state index < -0.39 is 6.10 Å². The fourth-order valence-corrected chi connectivity index (χ4v) is 3.33. The smallest absolute Gasteiger partial charge is 0.315 e. The molecule has 25 heavy (non-hydrogen) atoms. The monoisotopic (exact) mass is 346 g/mol. The maximum atomic E-state index is 13.5. The number of carbonyl (C=O) groups is 1. The summed E-state index contributed by atoms with van der Waals surface area (Å²) in [7, 11) is 0. The lowest BCUT2D eigenvalue weighted by Crippen LogP contribution is -2.43. The van der Waals surface area contributed by atoms with Gasteiger partial charge in [-0.25, -0.2) is 9.18 Å². The minimum atomic E-state index is -0.769. The Morgan fingerprint density at radius 2 is 2.28 bits per heavy atom. The molecule has 3 N–H and O–H groups in total. The van der Waals surface area contributed by atoms with Gasteiger partial charge < -0.3 is 20.2 Å². The van der Waals surface area contributed by atoms with Gasteiger partial charge in [0.25, 0.3) is 0 Å². The van der Waals surface area contributed by atoms with E-state index in [2.05, 4.69) is 10.6 Å². The third-order valence-electron chi connectivity index (χ3n) is 4.55. The second kappa shape index (κ2) is 7.70. The van der Waals surface area contributed by atoms with Gasteiger partial charge in [0, 0.05) is 12.5 Å². The van der Waals surface area contributed by atoms with Gasteiger partial charge >= 0.3 is 6.03 Å². The van der Waals surface area contributed by atoms with Crippen molar-refractivity contribution in [2.75, 3.05) is 0 Å². The molecule has 1 heterocycles. The van der Waals surface area contributed by atoms with Crippen LogP contribution >= 0.6 is 0 Å². The third kappa shape index (κ3) is 4.39. The maximum Gasteiger partial charge on any atom is 0.315 e. The van der Waals surface area contributed by atoms with Crippen LogP contribution in [0.3, 0.4) is 0 Å². The molecule has 0 saturated heterocycles. The van der Waals surface area contributed by atoms with Crippen molar-refractivity contribution < 1.29 is 18.7 Å². The van der Waals surface area contributed by atoms with Crippen LogP contribution in [0.1, 0.15) is 55.2 Å². The highest BCUT2D eigenvalue weighted by molar-refractivity contribution is 5.74. The number of hydrogen-bond acceptors (Lipinski definition) is 3. The topological polar surface area (TPSA) is 74.5 Å². The lowest BCUT2D eigenvalue weighted by molar-refractivity contribution is 0.129. The Balaban J connectivity index is 1.55. The molecule has 6 heteroatoms. The quantitative estimate of drug-likeness (QED) is 0.774. The summed E-state index contributed by atoms with van der Waals surface area (Å²) >= 11 is 0. The van der Waals surface area contributed by atoms with Crippen LogP contribution in [0.4, 0.5) is 9.18 Å². The van der Waals surface area contributed by atoms with Crippen molar-refractivity contribution in [1.82, 2.24) is 10.6 Å². The molecular formula is C19H23FN2O3. The van der Waals surface area contributed by atoms with E-state index in [1.54, 1.807) is 18.2 Å². The van der Waals surface area contributed by atoms with Gasteiger partial charge in [-0.05, 0) is 61.6 Å². The Hall–Kier alpha value is -2.34. The Morgan fingerprint density at radius 3 is 3.04 bits per heavy atom. The predicted octanol–water partition coefficient (Wildman–Crippen LogP) is 3.61. The molecule has 0 radical (unpaired) electrons. The fourth-order valence-electron chi connectivity index (χ4n) is 3.33. The molecule has 3 unspecified atom stereocenters. The number of halogens is 1. The lowest BCUT2D eigenvalue weighted by atomic mass is 9.87. The predicted molar refractivity (Wildman–Crippen MR) is 91.5 cm³/mol. The van der Waals surface area contributed by atoms with Gasteiger partial charge in [0.2, 0.25) is 0 Å². The summed E-state index contributed by atoms with van der Waals surface area (Å²) < 4.78 is 18.7. The zero-order valence-electron chi connectivity index (χ0n) is 14.2. The Morgan fingerprint density at radius 1 is 1.44 bits per heavy atom. The molecule has 0 bridgehead atoms. The van der Waals surface area contributed by atoms with Crippen molar-refractivity contribution in [3.05, 3.63) is 59.3 Å². The van der Waals surface area contributed by atoms with Crippen molar-refractivity contribution >= 4 is 6.03 Å². The van der Waals surface area contributed by atoms with Gasteiger partial charge in [0.05, 0.1) is 12.3 Å². The maximum absolute atomic E-state index is 13.5. The molecule has 5 nitrogen and oxygen atoms in total. The largest absolute Gasteiger partial charge is 0.467 e. The number of amides is 2. The van der Waals surface area contributed by atoms with Gasteiger partial charge in [0.15, 0.2) is 0 Å². The van der Waals surface area contributed by atoms with Crippen LogP contribution in [0, 0.1) is 5.82 Å². The molecule has 2 amide bonds. The molecule has 134 valence electrons. The number of carbonyl (C=O) groups excluding carboxylic acids is 1. The first kappa shape index (κ1) is 17.5. The molecule has 1 aromatic carbocycles. The summed E-state index contributed by atoms with van der Waals surface area (Å²) in [5.74, 6) is 0.188. The van der Waals surface area contributed by atoms with Crippen LogP contribution in [-0.2, 0) is 6.42 Å². The van der Waals surface area contributed by atoms with Crippen molar-refractivity contribution in [3.8, 4) is 0 Å². The number of urea groups is 1. The van der Waals surface area contributed by atoms with E-state index in [4.69, 9.17) is 4.42 Å². The molecule has 3 rings (SSSR count). The average Bonchev–Trinajstić information content (AvgIpc) is 3.09. The Bertz CT molecular complexity index is 717. The van der Waals surface area contributed by atoms with Crippen molar-refractivity contribution in [2.24, 2.45) is 0 Å². The SMILES string of the molecule is CC(CC(O)c1ccco1)NC(=O)NC1CCCc2ccc(F)cc21. The van der Waals surface area contributed by atoms with E-state index in [0.29, 0.717) is 12.2 Å². The van der Waals surface area contributed by atoms with Gasteiger partial charge in [-0.2, -0.15) is 0 Å². The standard InChI is InChI=1S/C19H23FN2O3/c1-12(10-17(23)18-6-3-9-25-18)21-19(24)22-16-5-2-4-13-7-8-14(20)11-15(13)16/h3,6-9,11-12,16-17,23H,2,4-5,10H2,1H3,(H2,21,22,24). The number of rotatable bonds is 5. The number of fused-ring (bicyclic) bond motifs is 1. The van der Waals surface area contributed by atoms with E-state index in [0.717, 1.165) is 30.4 Å². The lowest BCUT2D eigenvalue weighted by Gasteiger charge is -2.27. The first-order chi connectivity index (χ1) is 12.0. The highest BCUT2D eigenvalue weighted by Gasteiger charge is 2.23. The summed E-state index contributed by atoms with van der Waals surface area (Å²) in [4.78, 5) is 12.3. The first-order valence-electron chi connectivity index (χ1n) is 8.59. The summed E-state index contributed by atoms with van der Waals surface area (Å²) in [6.45, 7) is 1.82. The van der Waals surface area contributed by atoms with E-state index in [9.17, 15) is 14.3 Å². The average molecular weight is 346 g/mol. The normalized spacial score (nSPS) is 18.9. The molecule has 2 aromatic rings. The number of benzene rings is 1. The van der Waals surface area contributed by atoms with Gasteiger partial charge in [0.1, 0.15) is 17.7 Å². The molecular weight excluding hydrogens is 323 g/mol. The zero-order valence-corrected chi connectivity index (χ0v) is 14.2. The van der Waals surface area contributed by atoms with Crippen molar-refractivity contribution in [3.63, 3.8) is 0 Å². The summed E-state index contributed by atoms with van der Waals surface area (Å²) in [6.07, 6.45) is 3.72. The first-order valence-corrected chi connectivity index (χ1v) is 8.59. The highest BCUT2D eigenvalue weighted by atomic mass is 19.1. The van der Waals surface area contributed by atoms with Gasteiger partial charge in [-0.3, -0.25) is 0 Å². The van der Waals surface area contributed by atoms with Crippen LogP contribution in [0.25, 0.3) is 0 Å². The number of furan rings is 1. The number of aryl methyl sites for hydroxylation is 1. The summed E-state index contributed by atoms with van der Waals surface area (Å²) in [5.41, 5.74) is 1.93. The molecule has 0 saturated carbocycles. The molecule has 1 aliphatic rings.